The van der Waals surface area contributed by atoms with E-state index in [4.69, 9.17) is 9.47 Å². The van der Waals surface area contributed by atoms with Gasteiger partial charge in [0.2, 0.25) is 5.91 Å². The molecule has 0 fully saturated rings. The van der Waals surface area contributed by atoms with E-state index >= 15 is 0 Å². The summed E-state index contributed by atoms with van der Waals surface area (Å²) in [7, 11) is 5.53. The molecule has 150 valence electrons. The van der Waals surface area contributed by atoms with Crippen LogP contribution >= 0.6 is 0 Å². The standard InChI is InChI=1S/C23H30N2O3/c1-24(15-16-28-20-13-11-19(27-3)12-14-20)17-23(26)25(2)22-10-6-8-18-7-4-5-9-21(18)22/h4-5,7,9,11-14,22H,6,8,10,15-17H2,1-3H3/t22-/m0/s1. The lowest BCUT2D eigenvalue weighted by molar-refractivity contribution is -0.133. The van der Waals surface area contributed by atoms with Gasteiger partial charge in [-0.15, -0.1) is 0 Å². The van der Waals surface area contributed by atoms with Gasteiger partial charge in [-0.1, -0.05) is 24.3 Å². The maximum absolute atomic E-state index is 12.8. The van der Waals surface area contributed by atoms with E-state index in [0.29, 0.717) is 19.7 Å². The molecular weight excluding hydrogens is 352 g/mol. The van der Waals surface area contributed by atoms with Crippen molar-refractivity contribution in [2.75, 3.05) is 40.9 Å². The van der Waals surface area contributed by atoms with Gasteiger partial charge in [-0.05, 0) is 61.7 Å². The summed E-state index contributed by atoms with van der Waals surface area (Å²) in [5.41, 5.74) is 2.68. The molecule has 0 spiro atoms. The Bertz CT molecular complexity index is 776. The fourth-order valence-electron chi connectivity index (χ4n) is 3.72. The summed E-state index contributed by atoms with van der Waals surface area (Å²) >= 11 is 0. The van der Waals surface area contributed by atoms with Gasteiger partial charge in [-0.2, -0.15) is 0 Å². The van der Waals surface area contributed by atoms with Gasteiger partial charge in [-0.3, -0.25) is 9.69 Å². The lowest BCUT2D eigenvalue weighted by atomic mass is 9.87. The fraction of sp³-hybridized carbons (Fsp3) is 0.435. The number of amides is 1. The molecule has 0 unspecified atom stereocenters. The van der Waals surface area contributed by atoms with Crippen LogP contribution in [0.15, 0.2) is 48.5 Å². The van der Waals surface area contributed by atoms with Crippen molar-refractivity contribution in [2.24, 2.45) is 0 Å². The molecule has 0 aliphatic heterocycles. The summed E-state index contributed by atoms with van der Waals surface area (Å²) in [4.78, 5) is 16.7. The van der Waals surface area contributed by atoms with Gasteiger partial charge in [0.25, 0.3) is 0 Å². The smallest absolute Gasteiger partial charge is 0.236 e. The highest BCUT2D eigenvalue weighted by Gasteiger charge is 2.26. The van der Waals surface area contributed by atoms with Crippen LogP contribution in [0.3, 0.4) is 0 Å². The molecule has 1 amide bonds. The molecule has 0 saturated carbocycles. The van der Waals surface area contributed by atoms with E-state index in [-0.39, 0.29) is 11.9 Å². The third kappa shape index (κ3) is 5.04. The van der Waals surface area contributed by atoms with Gasteiger partial charge in [0.1, 0.15) is 18.1 Å². The van der Waals surface area contributed by atoms with Crippen molar-refractivity contribution < 1.29 is 14.3 Å². The molecule has 5 heteroatoms. The molecule has 1 aliphatic carbocycles. The second-order valence-corrected chi connectivity index (χ2v) is 7.37. The Hall–Kier alpha value is -2.53. The van der Waals surface area contributed by atoms with Gasteiger partial charge in [0.05, 0.1) is 19.7 Å². The molecule has 0 heterocycles. The summed E-state index contributed by atoms with van der Waals surface area (Å²) in [5, 5.41) is 0. The van der Waals surface area contributed by atoms with Crippen LogP contribution < -0.4 is 9.47 Å². The van der Waals surface area contributed by atoms with Crippen LogP contribution in [0.4, 0.5) is 0 Å². The molecule has 3 rings (SSSR count). The van der Waals surface area contributed by atoms with E-state index in [1.165, 1.54) is 11.1 Å². The number of benzene rings is 2. The number of likely N-dealkylation sites (N-methyl/N-ethyl adjacent to an activating group) is 2. The highest BCUT2D eigenvalue weighted by atomic mass is 16.5. The summed E-state index contributed by atoms with van der Waals surface area (Å²) in [5.74, 6) is 1.76. The molecule has 28 heavy (non-hydrogen) atoms. The molecule has 0 saturated heterocycles. The number of aryl methyl sites for hydroxylation is 1. The highest BCUT2D eigenvalue weighted by molar-refractivity contribution is 5.78. The van der Waals surface area contributed by atoms with Crippen LogP contribution in [0.5, 0.6) is 11.5 Å². The summed E-state index contributed by atoms with van der Waals surface area (Å²) in [6.45, 7) is 1.61. The zero-order chi connectivity index (χ0) is 19.9. The number of ether oxygens (including phenoxy) is 2. The van der Waals surface area contributed by atoms with Crippen molar-refractivity contribution in [1.29, 1.82) is 0 Å². The van der Waals surface area contributed by atoms with Gasteiger partial charge < -0.3 is 14.4 Å². The van der Waals surface area contributed by atoms with Crippen LogP contribution in [0.2, 0.25) is 0 Å². The van der Waals surface area contributed by atoms with E-state index in [1.807, 2.05) is 48.2 Å². The second-order valence-electron chi connectivity index (χ2n) is 7.37. The van der Waals surface area contributed by atoms with E-state index in [0.717, 1.165) is 30.8 Å². The number of methoxy groups -OCH3 is 1. The molecule has 2 aromatic carbocycles. The molecule has 1 aliphatic rings. The minimum atomic E-state index is 0.147. The van der Waals surface area contributed by atoms with Crippen LogP contribution in [0.1, 0.15) is 30.0 Å². The highest BCUT2D eigenvalue weighted by Crippen LogP contribution is 2.33. The zero-order valence-electron chi connectivity index (χ0n) is 17.1. The summed E-state index contributed by atoms with van der Waals surface area (Å²) in [6, 6.07) is 16.2. The Labute approximate surface area is 167 Å². The average Bonchev–Trinajstić information content (AvgIpc) is 2.73. The van der Waals surface area contributed by atoms with Crippen LogP contribution in [0, 0.1) is 0 Å². The van der Waals surface area contributed by atoms with Crippen molar-refractivity contribution in [3.63, 3.8) is 0 Å². The first-order valence-electron chi connectivity index (χ1n) is 9.87. The molecule has 0 radical (unpaired) electrons. The SMILES string of the molecule is COc1ccc(OCCN(C)CC(=O)N(C)[C@H]2CCCc3ccccc32)cc1. The van der Waals surface area contributed by atoms with Crippen molar-refractivity contribution in [3.05, 3.63) is 59.7 Å². The molecule has 0 N–H and O–H groups in total. The normalized spacial score (nSPS) is 15.8. The Morgan fingerprint density at radius 3 is 2.54 bits per heavy atom. The Morgan fingerprint density at radius 1 is 1.07 bits per heavy atom. The van der Waals surface area contributed by atoms with Crippen molar-refractivity contribution in [1.82, 2.24) is 9.80 Å². The van der Waals surface area contributed by atoms with Crippen LogP contribution in [-0.4, -0.2) is 56.6 Å². The van der Waals surface area contributed by atoms with Gasteiger partial charge in [-0.25, -0.2) is 0 Å². The predicted octanol–water partition coefficient (Wildman–Crippen LogP) is 3.54. The Morgan fingerprint density at radius 2 is 1.79 bits per heavy atom. The van der Waals surface area contributed by atoms with Gasteiger partial charge >= 0.3 is 0 Å². The van der Waals surface area contributed by atoms with Crippen molar-refractivity contribution in [2.45, 2.75) is 25.3 Å². The lowest BCUT2D eigenvalue weighted by Gasteiger charge is -2.34. The minimum Gasteiger partial charge on any atom is -0.497 e. The summed E-state index contributed by atoms with van der Waals surface area (Å²) < 4.78 is 10.9. The van der Waals surface area contributed by atoms with E-state index in [1.54, 1.807) is 7.11 Å². The first-order chi connectivity index (χ1) is 13.6. The van der Waals surface area contributed by atoms with Crippen LogP contribution in [0.25, 0.3) is 0 Å². The number of hydrogen-bond acceptors (Lipinski definition) is 4. The molecule has 0 aromatic heterocycles. The maximum atomic E-state index is 12.8. The van der Waals surface area contributed by atoms with E-state index in [9.17, 15) is 4.79 Å². The van der Waals surface area contributed by atoms with Gasteiger partial charge in [0, 0.05) is 13.6 Å². The monoisotopic (exact) mass is 382 g/mol. The molecule has 0 bridgehead atoms. The molecule has 5 nitrogen and oxygen atoms in total. The number of nitrogens with zero attached hydrogens (tertiary/aromatic N) is 2. The Kier molecular flexibility index (Phi) is 6.93. The first kappa shape index (κ1) is 20.2. The number of hydrogen-bond donors (Lipinski definition) is 0. The number of rotatable bonds is 8. The lowest BCUT2D eigenvalue weighted by Crippen LogP contribution is -2.40. The molecule has 2 aromatic rings. The van der Waals surface area contributed by atoms with Gasteiger partial charge in [0.15, 0.2) is 0 Å². The third-order valence-electron chi connectivity index (χ3n) is 5.41. The third-order valence-corrected chi connectivity index (χ3v) is 5.41. The largest absolute Gasteiger partial charge is 0.497 e. The van der Waals surface area contributed by atoms with E-state index < -0.39 is 0 Å². The van der Waals surface area contributed by atoms with Crippen molar-refractivity contribution >= 4 is 5.91 Å². The number of fused-ring (bicyclic) bond motifs is 1. The topological polar surface area (TPSA) is 42.0 Å². The van der Waals surface area contributed by atoms with Crippen LogP contribution in [-0.2, 0) is 11.2 Å². The fourth-order valence-corrected chi connectivity index (χ4v) is 3.72. The predicted molar refractivity (Wildman–Crippen MR) is 111 cm³/mol. The second kappa shape index (κ2) is 9.60. The first-order valence-corrected chi connectivity index (χ1v) is 9.87. The van der Waals surface area contributed by atoms with E-state index in [2.05, 4.69) is 24.3 Å². The summed E-state index contributed by atoms with van der Waals surface area (Å²) in [6.07, 6.45) is 3.27. The quantitative estimate of drug-likeness (QED) is 0.700. The average molecular weight is 383 g/mol. The maximum Gasteiger partial charge on any atom is 0.236 e. The zero-order valence-corrected chi connectivity index (χ0v) is 17.1. The number of carbonyl (C=O) groups is 1. The van der Waals surface area contributed by atoms with Crippen molar-refractivity contribution in [3.8, 4) is 11.5 Å². The molecular formula is C23H30N2O3. The minimum absolute atomic E-state index is 0.147. The molecule has 1 atom stereocenters. The Balaban J connectivity index is 1.47. The number of carbonyl (C=O) groups excluding carboxylic acids is 1.